The van der Waals surface area contributed by atoms with Crippen LogP contribution in [0.3, 0.4) is 0 Å². The number of carbonyl (C=O) groups excluding carboxylic acids is 1. The smallest absolute Gasteiger partial charge is 0.278 e. The molecule has 0 aliphatic heterocycles. The van der Waals surface area contributed by atoms with Gasteiger partial charge in [-0.3, -0.25) is 4.79 Å². The average molecular weight is 510 g/mol. The van der Waals surface area contributed by atoms with Crippen LogP contribution in [0.25, 0.3) is 11.5 Å². The van der Waals surface area contributed by atoms with E-state index >= 15 is 0 Å². The number of aromatic nitrogens is 4. The van der Waals surface area contributed by atoms with Gasteiger partial charge in [0.2, 0.25) is 5.89 Å². The SMILES string of the molecule is CCOc1ccccc1-c1nc(Cn2nnc(C(=O)Nc3ccc(C)cc3Br)c2C)c(C)o1. The first-order valence-corrected chi connectivity index (χ1v) is 11.3. The van der Waals surface area contributed by atoms with E-state index < -0.39 is 0 Å². The van der Waals surface area contributed by atoms with Crippen LogP contribution in [0.15, 0.2) is 51.4 Å². The molecular weight excluding hydrogens is 486 g/mol. The Morgan fingerprint density at radius 2 is 1.97 bits per heavy atom. The van der Waals surface area contributed by atoms with Crippen molar-refractivity contribution in [3.05, 3.63) is 75.3 Å². The molecule has 0 aliphatic rings. The van der Waals surface area contributed by atoms with Crippen LogP contribution < -0.4 is 10.1 Å². The number of aryl methyl sites for hydroxylation is 2. The van der Waals surface area contributed by atoms with Crippen LogP contribution in [-0.2, 0) is 6.54 Å². The second-order valence-corrected chi connectivity index (χ2v) is 8.42. The van der Waals surface area contributed by atoms with Gasteiger partial charge < -0.3 is 14.5 Å². The average Bonchev–Trinajstić information content (AvgIpc) is 3.33. The highest BCUT2D eigenvalue weighted by Gasteiger charge is 2.20. The number of rotatable bonds is 7. The molecule has 0 fully saturated rings. The third-order valence-corrected chi connectivity index (χ3v) is 5.84. The monoisotopic (exact) mass is 509 g/mol. The Morgan fingerprint density at radius 3 is 2.73 bits per heavy atom. The van der Waals surface area contributed by atoms with E-state index in [1.807, 2.05) is 63.2 Å². The Hall–Kier alpha value is -3.46. The molecule has 4 aromatic rings. The zero-order valence-electron chi connectivity index (χ0n) is 18.8. The largest absolute Gasteiger partial charge is 0.493 e. The molecule has 0 aliphatic carbocycles. The van der Waals surface area contributed by atoms with Gasteiger partial charge in [0.05, 0.1) is 30.1 Å². The number of anilines is 1. The third kappa shape index (κ3) is 4.83. The summed E-state index contributed by atoms with van der Waals surface area (Å²) in [5.41, 5.74) is 4.14. The lowest BCUT2D eigenvalue weighted by Gasteiger charge is -2.07. The fourth-order valence-electron chi connectivity index (χ4n) is 3.38. The maximum atomic E-state index is 12.8. The first-order valence-electron chi connectivity index (χ1n) is 10.5. The quantitative estimate of drug-likeness (QED) is 0.362. The fourth-order valence-corrected chi connectivity index (χ4v) is 3.97. The summed E-state index contributed by atoms with van der Waals surface area (Å²) in [7, 11) is 0. The molecule has 2 heterocycles. The number of nitrogens with zero attached hydrogens (tertiary/aromatic N) is 4. The molecule has 9 heteroatoms. The molecule has 0 atom stereocenters. The Kier molecular flexibility index (Phi) is 6.60. The number of hydrogen-bond donors (Lipinski definition) is 1. The van der Waals surface area contributed by atoms with Crippen molar-refractivity contribution in [2.75, 3.05) is 11.9 Å². The van der Waals surface area contributed by atoms with Gasteiger partial charge >= 0.3 is 0 Å². The van der Waals surface area contributed by atoms with E-state index in [0.29, 0.717) is 47.6 Å². The van der Waals surface area contributed by atoms with Crippen LogP contribution >= 0.6 is 15.9 Å². The van der Waals surface area contributed by atoms with E-state index in [9.17, 15) is 4.79 Å². The van der Waals surface area contributed by atoms with Gasteiger partial charge in [-0.05, 0) is 73.5 Å². The zero-order valence-corrected chi connectivity index (χ0v) is 20.4. The molecular formula is C24H24BrN5O3. The van der Waals surface area contributed by atoms with E-state index in [0.717, 1.165) is 15.6 Å². The number of halogens is 1. The summed E-state index contributed by atoms with van der Waals surface area (Å²) in [5, 5.41) is 11.1. The Morgan fingerprint density at radius 1 is 1.18 bits per heavy atom. The highest BCUT2D eigenvalue weighted by Crippen LogP contribution is 2.31. The normalized spacial score (nSPS) is 10.9. The first-order chi connectivity index (χ1) is 15.9. The molecule has 0 spiro atoms. The van der Waals surface area contributed by atoms with E-state index in [4.69, 9.17) is 9.15 Å². The van der Waals surface area contributed by atoms with Crippen LogP contribution in [-0.4, -0.2) is 32.5 Å². The summed E-state index contributed by atoms with van der Waals surface area (Å²) in [4.78, 5) is 17.5. The van der Waals surface area contributed by atoms with Gasteiger partial charge in [-0.25, -0.2) is 9.67 Å². The number of benzene rings is 2. The molecule has 0 saturated carbocycles. The van der Waals surface area contributed by atoms with Crippen molar-refractivity contribution >= 4 is 27.5 Å². The second-order valence-electron chi connectivity index (χ2n) is 7.57. The topological polar surface area (TPSA) is 95.1 Å². The van der Waals surface area contributed by atoms with Crippen LogP contribution in [0.1, 0.15) is 40.1 Å². The lowest BCUT2D eigenvalue weighted by atomic mass is 10.2. The van der Waals surface area contributed by atoms with Crippen molar-refractivity contribution in [2.24, 2.45) is 0 Å². The second kappa shape index (κ2) is 9.58. The molecule has 4 rings (SSSR count). The van der Waals surface area contributed by atoms with Gasteiger partial charge in [-0.1, -0.05) is 23.4 Å². The number of nitrogens with one attached hydrogen (secondary N) is 1. The van der Waals surface area contributed by atoms with Crippen molar-refractivity contribution in [1.29, 1.82) is 0 Å². The number of carbonyl (C=O) groups is 1. The van der Waals surface area contributed by atoms with Crippen LogP contribution in [0, 0.1) is 20.8 Å². The Balaban J connectivity index is 1.55. The minimum absolute atomic E-state index is 0.255. The molecule has 0 bridgehead atoms. The summed E-state index contributed by atoms with van der Waals surface area (Å²) >= 11 is 3.48. The van der Waals surface area contributed by atoms with Crippen molar-refractivity contribution in [1.82, 2.24) is 20.0 Å². The zero-order chi connectivity index (χ0) is 23.5. The van der Waals surface area contributed by atoms with E-state index in [1.54, 1.807) is 11.6 Å². The summed E-state index contributed by atoms with van der Waals surface area (Å²) < 4.78 is 14.1. The number of ether oxygens (including phenoxy) is 1. The molecule has 0 saturated heterocycles. The Labute approximate surface area is 200 Å². The van der Waals surface area contributed by atoms with Gasteiger partial charge in [0.1, 0.15) is 17.2 Å². The summed E-state index contributed by atoms with van der Waals surface area (Å²) in [6.07, 6.45) is 0. The van der Waals surface area contributed by atoms with Crippen LogP contribution in [0.4, 0.5) is 5.69 Å². The predicted molar refractivity (Wildman–Crippen MR) is 129 cm³/mol. The van der Waals surface area contributed by atoms with Gasteiger partial charge in [0.25, 0.3) is 5.91 Å². The maximum absolute atomic E-state index is 12.8. The van der Waals surface area contributed by atoms with Crippen molar-refractivity contribution in [3.63, 3.8) is 0 Å². The van der Waals surface area contributed by atoms with Gasteiger partial charge in [-0.15, -0.1) is 5.10 Å². The predicted octanol–water partition coefficient (Wildman–Crippen LogP) is 5.32. The molecule has 2 aromatic heterocycles. The van der Waals surface area contributed by atoms with Crippen LogP contribution in [0.2, 0.25) is 0 Å². The van der Waals surface area contributed by atoms with Gasteiger partial charge in [0.15, 0.2) is 5.69 Å². The number of hydrogen-bond acceptors (Lipinski definition) is 6. The number of para-hydroxylation sites is 1. The van der Waals surface area contributed by atoms with Crippen molar-refractivity contribution in [2.45, 2.75) is 34.2 Å². The molecule has 1 N–H and O–H groups in total. The van der Waals surface area contributed by atoms with Gasteiger partial charge in [-0.2, -0.15) is 0 Å². The van der Waals surface area contributed by atoms with E-state index in [2.05, 4.69) is 36.5 Å². The molecule has 170 valence electrons. The standard InChI is InChI=1S/C24H24BrN5O3/c1-5-32-21-9-7-6-8-17(21)24-27-20(16(4)33-24)13-30-15(3)22(28-29-30)23(31)26-19-11-10-14(2)12-18(19)25/h6-12H,5,13H2,1-4H3,(H,26,31). The van der Waals surface area contributed by atoms with E-state index in [1.165, 1.54) is 0 Å². The summed E-state index contributed by atoms with van der Waals surface area (Å²) in [5.74, 6) is 1.53. The van der Waals surface area contributed by atoms with Crippen molar-refractivity contribution < 1.29 is 13.9 Å². The van der Waals surface area contributed by atoms with Crippen molar-refractivity contribution in [3.8, 4) is 17.2 Å². The minimum Gasteiger partial charge on any atom is -0.493 e. The molecule has 33 heavy (non-hydrogen) atoms. The molecule has 0 unspecified atom stereocenters. The minimum atomic E-state index is -0.327. The number of oxazole rings is 1. The molecule has 1 amide bonds. The maximum Gasteiger partial charge on any atom is 0.278 e. The highest BCUT2D eigenvalue weighted by molar-refractivity contribution is 9.10. The number of amides is 1. The molecule has 0 radical (unpaired) electrons. The Bertz CT molecular complexity index is 1310. The lowest BCUT2D eigenvalue weighted by molar-refractivity contribution is 0.102. The molecule has 2 aromatic carbocycles. The third-order valence-electron chi connectivity index (χ3n) is 5.18. The summed E-state index contributed by atoms with van der Waals surface area (Å²) in [6, 6.07) is 13.3. The molecule has 8 nitrogen and oxygen atoms in total. The van der Waals surface area contributed by atoms with Gasteiger partial charge in [0, 0.05) is 4.47 Å². The fraction of sp³-hybridized carbons (Fsp3) is 0.250. The highest BCUT2D eigenvalue weighted by atomic mass is 79.9. The summed E-state index contributed by atoms with van der Waals surface area (Å²) in [6.45, 7) is 8.45. The van der Waals surface area contributed by atoms with Crippen LogP contribution in [0.5, 0.6) is 5.75 Å². The first kappa shape index (κ1) is 22.7. The lowest BCUT2D eigenvalue weighted by Crippen LogP contribution is -2.15. The van der Waals surface area contributed by atoms with E-state index in [-0.39, 0.29) is 11.6 Å².